The molecule has 0 saturated carbocycles. The van der Waals surface area contributed by atoms with Crippen LogP contribution in [-0.2, 0) is 15.8 Å². The smallest absolute Gasteiger partial charge is 0.223 e. The number of aliphatic hydroxyl groups is 1. The minimum atomic E-state index is -1.95. The van der Waals surface area contributed by atoms with Crippen LogP contribution in [0.5, 0.6) is 0 Å². The molecule has 3 aromatic rings. The Morgan fingerprint density at radius 2 is 1.95 bits per heavy atom. The van der Waals surface area contributed by atoms with Crippen molar-refractivity contribution in [2.24, 2.45) is 0 Å². The summed E-state index contributed by atoms with van der Waals surface area (Å²) in [6.45, 7) is 18.8. The number of nitrogens with zero attached hydrogens (tertiary/aromatic N) is 3. The summed E-state index contributed by atoms with van der Waals surface area (Å²) in [5.74, 6) is 0.00233. The monoisotopic (exact) mass is 540 g/mol. The Bertz CT molecular complexity index is 1310. The van der Waals surface area contributed by atoms with Crippen molar-refractivity contribution in [3.05, 3.63) is 47.0 Å². The van der Waals surface area contributed by atoms with Crippen LogP contribution < -0.4 is 5.32 Å². The van der Waals surface area contributed by atoms with Gasteiger partial charge in [-0.1, -0.05) is 40.7 Å². The third kappa shape index (κ3) is 5.76. The van der Waals surface area contributed by atoms with Gasteiger partial charge in [-0.05, 0) is 60.2 Å². The van der Waals surface area contributed by atoms with Crippen molar-refractivity contribution in [1.82, 2.24) is 15.0 Å². The fourth-order valence-corrected chi connectivity index (χ4v) is 5.66. The Morgan fingerprint density at radius 1 is 1.21 bits per heavy atom. The fraction of sp³-hybridized carbons (Fsp3) is 0.552. The van der Waals surface area contributed by atoms with E-state index in [-0.39, 0.29) is 35.2 Å². The van der Waals surface area contributed by atoms with Crippen LogP contribution in [0.4, 0.5) is 10.3 Å². The summed E-state index contributed by atoms with van der Waals surface area (Å²) in [7, 11) is -1.95. The Balaban J connectivity index is 1.76. The largest absolute Gasteiger partial charge is 0.412 e. The molecule has 9 heteroatoms. The molecule has 2 atom stereocenters. The predicted octanol–water partition coefficient (Wildman–Crippen LogP) is 6.35. The first-order valence-corrected chi connectivity index (χ1v) is 16.3. The van der Waals surface area contributed by atoms with E-state index >= 15 is 4.39 Å². The first kappa shape index (κ1) is 28.5. The van der Waals surface area contributed by atoms with Gasteiger partial charge in [0.15, 0.2) is 14.1 Å². The second-order valence-corrected chi connectivity index (χ2v) is 16.9. The van der Waals surface area contributed by atoms with E-state index in [1.165, 1.54) is 11.8 Å². The zero-order chi connectivity index (χ0) is 27.8. The number of halogens is 1. The number of benzene rings is 1. The van der Waals surface area contributed by atoms with Gasteiger partial charge in [-0.3, -0.25) is 4.98 Å². The van der Waals surface area contributed by atoms with E-state index in [4.69, 9.17) is 14.1 Å². The van der Waals surface area contributed by atoms with Crippen molar-refractivity contribution >= 4 is 25.2 Å². The van der Waals surface area contributed by atoms with E-state index in [9.17, 15) is 5.11 Å². The molecule has 2 N–H and O–H groups in total. The quantitative estimate of drug-likeness (QED) is 0.338. The van der Waals surface area contributed by atoms with Gasteiger partial charge >= 0.3 is 0 Å². The van der Waals surface area contributed by atoms with Crippen LogP contribution in [0.25, 0.3) is 22.2 Å². The molecule has 4 rings (SSSR count). The molecule has 2 aromatic heterocycles. The lowest BCUT2D eigenvalue weighted by Crippen LogP contribution is -2.42. The number of pyridine rings is 1. The molecule has 0 aliphatic carbocycles. The van der Waals surface area contributed by atoms with Crippen molar-refractivity contribution in [2.45, 2.75) is 90.8 Å². The minimum absolute atomic E-state index is 0.106. The number of aryl methyl sites for hydroxylation is 1. The maximum atomic E-state index is 15.1. The Morgan fingerprint density at radius 3 is 2.61 bits per heavy atom. The standard InChI is InChI=1S/C29H41FN4O3Si/c1-17(2)25-19(15-37-38(7,8)29(4,5)6)13-31-23-10-9-20(18(3)26(23)25)27-21(30)14-32-28(34-27)33-22-11-12-36-16-24(22)35/h9-10,13-14,17,22,24,35H,11-12,15-16H2,1-8H3,(H,32,33,34)/t22-,24-/m1/s1. The normalized spacial score (nSPS) is 18.8. The van der Waals surface area contributed by atoms with Crippen LogP contribution in [-0.4, -0.2) is 53.7 Å². The first-order chi connectivity index (χ1) is 17.8. The molecule has 1 aliphatic heterocycles. The zero-order valence-electron chi connectivity index (χ0n) is 23.9. The van der Waals surface area contributed by atoms with Gasteiger partial charge < -0.3 is 19.6 Å². The molecular weight excluding hydrogens is 499 g/mol. The van der Waals surface area contributed by atoms with Crippen LogP contribution >= 0.6 is 0 Å². The van der Waals surface area contributed by atoms with Crippen molar-refractivity contribution in [3.8, 4) is 11.3 Å². The third-order valence-corrected chi connectivity index (χ3v) is 12.5. The molecule has 1 aliphatic rings. The molecule has 0 amide bonds. The molecule has 1 saturated heterocycles. The number of hydrogen-bond donors (Lipinski definition) is 2. The van der Waals surface area contributed by atoms with E-state index in [0.29, 0.717) is 25.2 Å². The molecular formula is C29H41FN4O3Si. The lowest BCUT2D eigenvalue weighted by Gasteiger charge is -2.36. The molecule has 1 fully saturated rings. The maximum absolute atomic E-state index is 15.1. The third-order valence-electron chi connectivity index (χ3n) is 8.03. The van der Waals surface area contributed by atoms with Crippen molar-refractivity contribution in [3.63, 3.8) is 0 Å². The lowest BCUT2D eigenvalue weighted by atomic mass is 9.89. The van der Waals surface area contributed by atoms with E-state index in [2.05, 4.69) is 63.0 Å². The van der Waals surface area contributed by atoms with Gasteiger partial charge in [0, 0.05) is 23.8 Å². The van der Waals surface area contributed by atoms with Gasteiger partial charge in [-0.15, -0.1) is 0 Å². The summed E-state index contributed by atoms with van der Waals surface area (Å²) in [5.41, 5.74) is 4.94. The fourth-order valence-electron chi connectivity index (χ4n) is 4.71. The number of ether oxygens (including phenoxy) is 1. The number of anilines is 1. The number of aromatic nitrogens is 3. The summed E-state index contributed by atoms with van der Waals surface area (Å²) in [6, 6.07) is 3.55. The second-order valence-electron chi connectivity index (χ2n) is 12.1. The van der Waals surface area contributed by atoms with E-state index in [1.807, 2.05) is 25.3 Å². The van der Waals surface area contributed by atoms with E-state index in [1.54, 1.807) is 0 Å². The first-order valence-electron chi connectivity index (χ1n) is 13.4. The van der Waals surface area contributed by atoms with Crippen LogP contribution in [0.3, 0.4) is 0 Å². The van der Waals surface area contributed by atoms with Crippen LogP contribution in [0.1, 0.15) is 63.6 Å². The van der Waals surface area contributed by atoms with E-state index < -0.39 is 20.2 Å². The molecule has 0 radical (unpaired) electrons. The summed E-state index contributed by atoms with van der Waals surface area (Å²) >= 11 is 0. The molecule has 1 aromatic carbocycles. The summed E-state index contributed by atoms with van der Waals surface area (Å²) in [5, 5.41) is 14.5. The summed E-state index contributed by atoms with van der Waals surface area (Å²) < 4.78 is 27.0. The highest BCUT2D eigenvalue weighted by Gasteiger charge is 2.37. The number of nitrogens with one attached hydrogen (secondary N) is 1. The van der Waals surface area contributed by atoms with Gasteiger partial charge in [0.2, 0.25) is 5.95 Å². The highest BCUT2D eigenvalue weighted by molar-refractivity contribution is 6.74. The molecule has 0 spiro atoms. The van der Waals surface area contributed by atoms with Crippen LogP contribution in [0.2, 0.25) is 18.1 Å². The van der Waals surface area contributed by atoms with Crippen molar-refractivity contribution in [2.75, 3.05) is 18.5 Å². The highest BCUT2D eigenvalue weighted by atomic mass is 28.4. The van der Waals surface area contributed by atoms with Crippen molar-refractivity contribution in [1.29, 1.82) is 0 Å². The molecule has 206 valence electrons. The minimum Gasteiger partial charge on any atom is -0.412 e. The SMILES string of the molecule is Cc1c(-c2nc(N[C@@H]3CCOC[C@H]3O)ncc2F)ccc2ncc(CO[Si](C)(C)C(C)(C)C)c(C(C)C)c12. The number of rotatable bonds is 7. The Kier molecular flexibility index (Phi) is 8.23. The van der Waals surface area contributed by atoms with Crippen molar-refractivity contribution < 1.29 is 18.7 Å². The van der Waals surface area contributed by atoms with Gasteiger partial charge in [0.1, 0.15) is 5.69 Å². The molecule has 38 heavy (non-hydrogen) atoms. The number of fused-ring (bicyclic) bond motifs is 1. The Labute approximate surface area is 226 Å². The molecule has 3 heterocycles. The van der Waals surface area contributed by atoms with Gasteiger partial charge in [0.25, 0.3) is 0 Å². The zero-order valence-corrected chi connectivity index (χ0v) is 24.9. The van der Waals surface area contributed by atoms with Crippen LogP contribution in [0, 0.1) is 12.7 Å². The number of aliphatic hydroxyl groups excluding tert-OH is 1. The number of hydrogen-bond acceptors (Lipinski definition) is 7. The topological polar surface area (TPSA) is 89.4 Å². The average molecular weight is 541 g/mol. The highest BCUT2D eigenvalue weighted by Crippen LogP contribution is 2.39. The average Bonchev–Trinajstić information content (AvgIpc) is 2.84. The second kappa shape index (κ2) is 11.0. The predicted molar refractivity (Wildman–Crippen MR) is 152 cm³/mol. The van der Waals surface area contributed by atoms with Gasteiger partial charge in [-0.2, -0.15) is 0 Å². The van der Waals surface area contributed by atoms with E-state index in [0.717, 1.165) is 22.0 Å². The maximum Gasteiger partial charge on any atom is 0.223 e. The summed E-state index contributed by atoms with van der Waals surface area (Å²) in [4.78, 5) is 13.4. The van der Waals surface area contributed by atoms with Gasteiger partial charge in [0.05, 0.1) is 37.1 Å². The van der Waals surface area contributed by atoms with Gasteiger partial charge in [-0.25, -0.2) is 14.4 Å². The Hall–Kier alpha value is -2.46. The molecule has 0 bridgehead atoms. The summed E-state index contributed by atoms with van der Waals surface area (Å²) in [6.07, 6.45) is 3.06. The lowest BCUT2D eigenvalue weighted by molar-refractivity contribution is -0.0136. The van der Waals surface area contributed by atoms with Crippen LogP contribution in [0.15, 0.2) is 24.5 Å². The molecule has 7 nitrogen and oxygen atoms in total. The molecule has 0 unspecified atom stereocenters.